The largest absolute Gasteiger partial charge is 0.391 e. The van der Waals surface area contributed by atoms with E-state index in [1.54, 1.807) is 0 Å². The third-order valence-electron chi connectivity index (χ3n) is 2.12. The molecule has 0 amide bonds. The van der Waals surface area contributed by atoms with E-state index in [0.717, 1.165) is 25.9 Å². The van der Waals surface area contributed by atoms with Gasteiger partial charge in [-0.2, -0.15) is 0 Å². The quantitative estimate of drug-likeness (QED) is 0.350. The van der Waals surface area contributed by atoms with Gasteiger partial charge < -0.3 is 10.6 Å². The molecule has 0 bridgehead atoms. The summed E-state index contributed by atoms with van der Waals surface area (Å²) in [6.45, 7) is 1.62. The number of guanidine groups is 1. The van der Waals surface area contributed by atoms with Crippen molar-refractivity contribution in [1.29, 1.82) is 0 Å². The molecule has 13 heavy (non-hydrogen) atoms. The molecule has 1 heterocycles. The fourth-order valence-electron chi connectivity index (χ4n) is 1.45. The van der Waals surface area contributed by atoms with Crippen molar-refractivity contribution in [3.05, 3.63) is 4.91 Å². The number of rotatable bonds is 1. The van der Waals surface area contributed by atoms with E-state index >= 15 is 0 Å². The Bertz CT molecular complexity index is 209. The van der Waals surface area contributed by atoms with Crippen LogP contribution in [0.15, 0.2) is 5.10 Å². The molecule has 6 nitrogen and oxygen atoms in total. The molecule has 0 aromatic carbocycles. The summed E-state index contributed by atoms with van der Waals surface area (Å²) < 4.78 is 0. The highest BCUT2D eigenvalue weighted by molar-refractivity contribution is 5.77. The fourth-order valence-corrected chi connectivity index (χ4v) is 1.45. The Hall–Kier alpha value is -1.33. The van der Waals surface area contributed by atoms with Gasteiger partial charge in [0.15, 0.2) is 0 Å². The number of hydrogen-bond acceptors (Lipinski definition) is 1. The van der Waals surface area contributed by atoms with Gasteiger partial charge >= 0.3 is 5.03 Å². The van der Waals surface area contributed by atoms with E-state index in [0.29, 0.717) is 0 Å². The zero-order valence-electron chi connectivity index (χ0n) is 7.52. The molecule has 0 spiro atoms. The van der Waals surface area contributed by atoms with Crippen LogP contribution in [-0.2, 0) is 0 Å². The van der Waals surface area contributed by atoms with Crippen LogP contribution in [0.4, 0.5) is 0 Å². The number of hydrazone groups is 1. The van der Waals surface area contributed by atoms with Crippen LogP contribution in [-0.4, -0.2) is 34.2 Å². The van der Waals surface area contributed by atoms with E-state index < -0.39 is 5.03 Å². The molecule has 0 aromatic rings. The van der Waals surface area contributed by atoms with Crippen LogP contribution in [0.3, 0.4) is 0 Å². The van der Waals surface area contributed by atoms with Gasteiger partial charge in [0.05, 0.1) is 0 Å². The van der Waals surface area contributed by atoms with E-state index in [2.05, 4.69) is 5.10 Å². The van der Waals surface area contributed by atoms with Gasteiger partial charge in [0.1, 0.15) is 10.0 Å². The Morgan fingerprint density at radius 2 is 1.85 bits per heavy atom. The summed E-state index contributed by atoms with van der Waals surface area (Å²) in [5, 5.41) is 11.0. The van der Waals surface area contributed by atoms with Crippen LogP contribution in [0, 0.1) is 4.91 Å². The van der Waals surface area contributed by atoms with Gasteiger partial charge in [-0.15, -0.1) is 0 Å². The smallest absolute Gasteiger partial charge is 0.364 e. The number of likely N-dealkylation sites (tertiary alicyclic amines) is 1. The van der Waals surface area contributed by atoms with Crippen LogP contribution < -0.4 is 5.73 Å². The highest BCUT2D eigenvalue weighted by atomic mass is 16.7. The summed E-state index contributed by atoms with van der Waals surface area (Å²) in [6.07, 6.45) is 4.48. The molecule has 0 radical (unpaired) electrons. The Kier molecular flexibility index (Phi) is 3.48. The highest BCUT2D eigenvalue weighted by Crippen LogP contribution is 2.08. The predicted molar refractivity (Wildman–Crippen MR) is 47.1 cm³/mol. The molecule has 0 atom stereocenters. The molecule has 0 aliphatic carbocycles. The van der Waals surface area contributed by atoms with E-state index in [9.17, 15) is 4.91 Å². The standard InChI is InChI=1S/C7H15N4O2/c8-7(9-11(12)13)10-5-3-1-2-4-6-10/h1-6H2,(H2,8,9)(H,12,13)/q+1. The summed E-state index contributed by atoms with van der Waals surface area (Å²) in [7, 11) is 0. The number of hydrogen-bond donors (Lipinski definition) is 2. The first kappa shape index (κ1) is 9.76. The average Bonchev–Trinajstić information content (AvgIpc) is 2.29. The molecule has 1 rings (SSSR count). The Balaban J connectivity index is 2.53. The third-order valence-corrected chi connectivity index (χ3v) is 2.12. The summed E-state index contributed by atoms with van der Waals surface area (Å²) in [5.74, 6) is 0.0967. The summed E-state index contributed by atoms with van der Waals surface area (Å²) in [4.78, 5) is 12.0. The number of nitrogens with two attached hydrogens (primary N) is 1. The molecule has 0 unspecified atom stereocenters. The van der Waals surface area contributed by atoms with Crippen molar-refractivity contribution in [1.82, 2.24) is 4.90 Å². The first-order valence-electron chi connectivity index (χ1n) is 4.45. The molecule has 0 saturated carbocycles. The number of nitrogens with zero attached hydrogens (tertiary/aromatic N) is 3. The topological polar surface area (TPSA) is 81.9 Å². The van der Waals surface area contributed by atoms with Gasteiger partial charge in [-0.1, -0.05) is 12.8 Å². The summed E-state index contributed by atoms with van der Waals surface area (Å²) in [5.41, 5.74) is 5.49. The highest BCUT2D eigenvalue weighted by Gasteiger charge is 2.14. The molecule has 6 heteroatoms. The third kappa shape index (κ3) is 3.27. The normalized spacial score (nSPS) is 19.7. The Morgan fingerprint density at radius 1 is 1.31 bits per heavy atom. The van der Waals surface area contributed by atoms with Crippen molar-refractivity contribution in [3.8, 4) is 0 Å². The Morgan fingerprint density at radius 3 is 2.31 bits per heavy atom. The SMILES string of the molecule is N/C(=N\[N+](=O)O)N1CCCCCC1. The second-order valence-corrected chi connectivity index (χ2v) is 3.11. The maximum Gasteiger partial charge on any atom is 0.391 e. The zero-order valence-corrected chi connectivity index (χ0v) is 7.52. The lowest BCUT2D eigenvalue weighted by Gasteiger charge is -2.17. The van der Waals surface area contributed by atoms with Crippen LogP contribution in [0.2, 0.25) is 0 Å². The predicted octanol–water partition coefficient (Wildman–Crippen LogP) is 0.260. The summed E-state index contributed by atoms with van der Waals surface area (Å²) >= 11 is 0. The fraction of sp³-hybridized carbons (Fsp3) is 0.857. The monoisotopic (exact) mass is 187 g/mol. The lowest BCUT2D eigenvalue weighted by atomic mass is 10.2. The first-order chi connectivity index (χ1) is 6.20. The lowest BCUT2D eigenvalue weighted by molar-refractivity contribution is -0.796. The van der Waals surface area contributed by atoms with Crippen LogP contribution in [0.25, 0.3) is 0 Å². The minimum absolute atomic E-state index is 0.0967. The van der Waals surface area contributed by atoms with E-state index in [1.807, 2.05) is 4.90 Å². The molecule has 74 valence electrons. The van der Waals surface area contributed by atoms with Crippen molar-refractivity contribution < 1.29 is 10.2 Å². The van der Waals surface area contributed by atoms with Gasteiger partial charge in [0, 0.05) is 13.1 Å². The van der Waals surface area contributed by atoms with Crippen LogP contribution in [0.1, 0.15) is 25.7 Å². The minimum atomic E-state index is -0.500. The van der Waals surface area contributed by atoms with Crippen LogP contribution in [0.5, 0.6) is 0 Å². The Labute approximate surface area is 76.5 Å². The average molecular weight is 187 g/mol. The van der Waals surface area contributed by atoms with Crippen molar-refractivity contribution in [2.75, 3.05) is 13.1 Å². The molecule has 1 aliphatic heterocycles. The molecular formula is C7H15N4O2+. The minimum Gasteiger partial charge on any atom is -0.364 e. The van der Waals surface area contributed by atoms with Gasteiger partial charge in [-0.3, -0.25) is 0 Å². The van der Waals surface area contributed by atoms with Gasteiger partial charge in [0.25, 0.3) is 5.96 Å². The van der Waals surface area contributed by atoms with Crippen molar-refractivity contribution >= 4 is 5.96 Å². The lowest BCUT2D eigenvalue weighted by Crippen LogP contribution is -2.38. The molecule has 3 N–H and O–H groups in total. The second kappa shape index (κ2) is 4.64. The molecular weight excluding hydrogens is 172 g/mol. The van der Waals surface area contributed by atoms with Gasteiger partial charge in [-0.05, 0) is 12.8 Å². The molecule has 0 aromatic heterocycles. The van der Waals surface area contributed by atoms with E-state index in [4.69, 9.17) is 10.9 Å². The molecule has 1 aliphatic rings. The van der Waals surface area contributed by atoms with Crippen molar-refractivity contribution in [3.63, 3.8) is 0 Å². The second-order valence-electron chi connectivity index (χ2n) is 3.11. The molecule has 1 saturated heterocycles. The maximum absolute atomic E-state index is 10.2. The van der Waals surface area contributed by atoms with E-state index in [1.165, 1.54) is 12.8 Å². The van der Waals surface area contributed by atoms with Crippen molar-refractivity contribution in [2.45, 2.75) is 25.7 Å². The first-order valence-corrected chi connectivity index (χ1v) is 4.45. The van der Waals surface area contributed by atoms with Gasteiger partial charge in [0.2, 0.25) is 0 Å². The maximum atomic E-state index is 10.2. The zero-order chi connectivity index (χ0) is 9.68. The molecule has 1 fully saturated rings. The van der Waals surface area contributed by atoms with Gasteiger partial charge in [-0.25, -0.2) is 5.21 Å². The van der Waals surface area contributed by atoms with Crippen LogP contribution >= 0.6 is 0 Å². The summed E-state index contributed by atoms with van der Waals surface area (Å²) in [6, 6.07) is 0. The van der Waals surface area contributed by atoms with Crippen molar-refractivity contribution in [2.24, 2.45) is 10.8 Å². The van der Waals surface area contributed by atoms with E-state index in [-0.39, 0.29) is 5.96 Å².